The first-order valence-electron chi connectivity index (χ1n) is 11.3. The Balaban J connectivity index is 1.69. The number of hydrogen-bond acceptors (Lipinski definition) is 4. The monoisotopic (exact) mass is 404 g/mol. The van der Waals surface area contributed by atoms with Crippen LogP contribution in [-0.4, -0.2) is 44.7 Å². The molecule has 0 amide bonds. The average molecular weight is 405 g/mol. The van der Waals surface area contributed by atoms with Gasteiger partial charge in [-0.05, 0) is 55.8 Å². The number of rotatable bonds is 4. The van der Waals surface area contributed by atoms with Crippen molar-refractivity contribution in [3.63, 3.8) is 0 Å². The molecule has 0 spiro atoms. The molecule has 0 aliphatic heterocycles. The van der Waals surface area contributed by atoms with E-state index in [0.29, 0.717) is 19.3 Å². The average Bonchev–Trinajstić information content (AvgIpc) is 3.01. The molecule has 10 atom stereocenters. The number of aliphatic hydroxyl groups is 3. The largest absolute Gasteiger partial charge is 0.481 e. The molecule has 0 radical (unpaired) electrons. The van der Waals surface area contributed by atoms with E-state index in [1.54, 1.807) is 0 Å². The fourth-order valence-electron chi connectivity index (χ4n) is 7.58. The van der Waals surface area contributed by atoms with Crippen LogP contribution in [-0.2, 0) is 4.79 Å². The van der Waals surface area contributed by atoms with Gasteiger partial charge in [-0.1, -0.05) is 44.6 Å². The summed E-state index contributed by atoms with van der Waals surface area (Å²) in [5.74, 6) is 0.115. The zero-order valence-corrected chi connectivity index (χ0v) is 17.8. The normalized spacial score (nSPS) is 49.6. The fraction of sp³-hybridized carbons (Fsp3) is 0.792. The maximum Gasteiger partial charge on any atom is 0.303 e. The molecule has 0 saturated heterocycles. The summed E-state index contributed by atoms with van der Waals surface area (Å²) in [6.45, 7) is 6.47. The molecule has 162 valence electrons. The maximum absolute atomic E-state index is 11.4. The second-order valence-electron chi connectivity index (χ2n) is 10.6. The van der Waals surface area contributed by atoms with Gasteiger partial charge in [0.15, 0.2) is 0 Å². The molecule has 0 aromatic heterocycles. The van der Waals surface area contributed by atoms with Crippen LogP contribution in [0.2, 0.25) is 0 Å². The van der Waals surface area contributed by atoms with E-state index in [9.17, 15) is 20.1 Å². The van der Waals surface area contributed by atoms with Gasteiger partial charge in [-0.25, -0.2) is 0 Å². The van der Waals surface area contributed by atoms with Crippen molar-refractivity contribution in [1.29, 1.82) is 0 Å². The number of carbonyl (C=O) groups is 1. The Kier molecular flexibility index (Phi) is 5.24. The highest BCUT2D eigenvalue weighted by molar-refractivity contribution is 5.66. The quantitative estimate of drug-likeness (QED) is 0.540. The fourth-order valence-corrected chi connectivity index (χ4v) is 7.58. The van der Waals surface area contributed by atoms with Crippen molar-refractivity contribution >= 4 is 5.97 Å². The van der Waals surface area contributed by atoms with Crippen molar-refractivity contribution < 1.29 is 25.2 Å². The summed E-state index contributed by atoms with van der Waals surface area (Å²) in [6.07, 6.45) is 8.54. The van der Waals surface area contributed by atoms with Crippen LogP contribution in [0.3, 0.4) is 0 Å². The van der Waals surface area contributed by atoms with Crippen molar-refractivity contribution in [2.75, 3.05) is 0 Å². The minimum atomic E-state index is -0.768. The van der Waals surface area contributed by atoms with E-state index in [2.05, 4.69) is 26.8 Å². The molecule has 5 heteroatoms. The smallest absolute Gasteiger partial charge is 0.303 e. The van der Waals surface area contributed by atoms with E-state index < -0.39 is 24.3 Å². The van der Waals surface area contributed by atoms with Crippen molar-refractivity contribution in [3.8, 4) is 0 Å². The van der Waals surface area contributed by atoms with Crippen LogP contribution in [0.15, 0.2) is 23.8 Å². The Morgan fingerprint density at radius 2 is 1.93 bits per heavy atom. The predicted octanol–water partition coefficient (Wildman–Crippen LogP) is 3.14. The number of allylic oxidation sites excluding steroid dienone is 1. The summed E-state index contributed by atoms with van der Waals surface area (Å²) in [5.41, 5.74) is 0.588. The first-order chi connectivity index (χ1) is 13.6. The minimum absolute atomic E-state index is 0.0289. The molecular weight excluding hydrogens is 368 g/mol. The van der Waals surface area contributed by atoms with Crippen LogP contribution in [0.4, 0.5) is 0 Å². The molecule has 4 N–H and O–H groups in total. The second-order valence-corrected chi connectivity index (χ2v) is 10.6. The van der Waals surface area contributed by atoms with Crippen molar-refractivity contribution in [2.45, 2.75) is 77.6 Å². The van der Waals surface area contributed by atoms with Crippen LogP contribution in [0.1, 0.15) is 59.3 Å². The van der Waals surface area contributed by atoms with Crippen molar-refractivity contribution in [1.82, 2.24) is 0 Å². The Morgan fingerprint density at radius 3 is 2.62 bits per heavy atom. The standard InChI is InChI=1S/C24H36O5/c1-13(4-7-21(28)29)16-5-6-17-22-18(12-20(27)24(16,17)3)23(2)9-8-15(25)10-14(23)11-19(22)26/h8-9,12-17,19-20,22,25-27H,4-7,10-11H2,1-3H3,(H,28,29)/t13-,14+,15-,16-,17+,19-,20+,22+,23+,24-/m1/s1. The Morgan fingerprint density at radius 1 is 1.21 bits per heavy atom. The van der Waals surface area contributed by atoms with E-state index in [0.717, 1.165) is 18.4 Å². The molecular formula is C24H36O5. The van der Waals surface area contributed by atoms with Crippen LogP contribution < -0.4 is 0 Å². The maximum atomic E-state index is 11.4. The first-order valence-corrected chi connectivity index (χ1v) is 11.3. The molecule has 0 heterocycles. The zero-order chi connectivity index (χ0) is 21.1. The number of hydrogen-bond donors (Lipinski definition) is 4. The van der Waals surface area contributed by atoms with Crippen molar-refractivity contribution in [2.24, 2.45) is 40.4 Å². The van der Waals surface area contributed by atoms with Crippen molar-refractivity contribution in [3.05, 3.63) is 23.8 Å². The molecule has 0 unspecified atom stereocenters. The third-order valence-electron chi connectivity index (χ3n) is 9.26. The number of aliphatic hydroxyl groups excluding tert-OH is 3. The predicted molar refractivity (Wildman–Crippen MR) is 110 cm³/mol. The van der Waals surface area contributed by atoms with Crippen LogP contribution in [0.25, 0.3) is 0 Å². The van der Waals surface area contributed by atoms with Gasteiger partial charge in [-0.3, -0.25) is 4.79 Å². The van der Waals surface area contributed by atoms with E-state index >= 15 is 0 Å². The molecule has 4 aliphatic carbocycles. The van der Waals surface area contributed by atoms with Gasteiger partial charge in [0.05, 0.1) is 18.3 Å². The second kappa shape index (κ2) is 7.21. The summed E-state index contributed by atoms with van der Waals surface area (Å²) in [6, 6.07) is 0. The molecule has 0 bridgehead atoms. The topological polar surface area (TPSA) is 98.0 Å². The number of carboxylic acids is 1. The lowest BCUT2D eigenvalue weighted by atomic mass is 9.48. The summed E-state index contributed by atoms with van der Waals surface area (Å²) in [7, 11) is 0. The van der Waals surface area contributed by atoms with E-state index in [1.807, 2.05) is 12.2 Å². The molecule has 5 nitrogen and oxygen atoms in total. The number of carboxylic acid groups (broad SMARTS) is 1. The molecule has 29 heavy (non-hydrogen) atoms. The third-order valence-corrected chi connectivity index (χ3v) is 9.26. The lowest BCUT2D eigenvalue weighted by molar-refractivity contribution is -0.137. The molecule has 4 rings (SSSR count). The van der Waals surface area contributed by atoms with Gasteiger partial charge >= 0.3 is 5.97 Å². The lowest BCUT2D eigenvalue weighted by Crippen LogP contribution is -2.56. The van der Waals surface area contributed by atoms with E-state index in [1.165, 1.54) is 0 Å². The zero-order valence-electron chi connectivity index (χ0n) is 17.8. The van der Waals surface area contributed by atoms with E-state index in [-0.39, 0.29) is 46.8 Å². The number of aliphatic carboxylic acids is 1. The highest BCUT2D eigenvalue weighted by Crippen LogP contribution is 2.65. The highest BCUT2D eigenvalue weighted by Gasteiger charge is 2.62. The van der Waals surface area contributed by atoms with Gasteiger partial charge < -0.3 is 20.4 Å². The third kappa shape index (κ3) is 3.12. The summed E-state index contributed by atoms with van der Waals surface area (Å²) in [5, 5.41) is 41.7. The van der Waals surface area contributed by atoms with E-state index in [4.69, 9.17) is 5.11 Å². The van der Waals surface area contributed by atoms with Gasteiger partial charge in [-0.2, -0.15) is 0 Å². The molecule has 0 aromatic carbocycles. The molecule has 2 fully saturated rings. The van der Waals surface area contributed by atoms with Crippen LogP contribution in [0, 0.1) is 40.4 Å². The Bertz CT molecular complexity index is 729. The summed E-state index contributed by atoms with van der Waals surface area (Å²) < 4.78 is 0. The van der Waals surface area contributed by atoms with Crippen LogP contribution >= 0.6 is 0 Å². The summed E-state index contributed by atoms with van der Waals surface area (Å²) in [4.78, 5) is 11.1. The highest BCUT2D eigenvalue weighted by atomic mass is 16.4. The van der Waals surface area contributed by atoms with Gasteiger partial charge in [0.25, 0.3) is 0 Å². The summed E-state index contributed by atoms with van der Waals surface area (Å²) >= 11 is 0. The Hall–Kier alpha value is -1.17. The molecule has 4 aliphatic rings. The molecule has 2 saturated carbocycles. The van der Waals surface area contributed by atoms with Crippen LogP contribution in [0.5, 0.6) is 0 Å². The SMILES string of the molecule is C[C@H](CCC(=O)O)[C@H]1CC[C@H]2[C@H]3C(=C[C@H](O)[C@]12C)[C@@]1(C)C=C[C@@H](O)C[C@H]1C[C@H]3O. The number of fused-ring (bicyclic) bond motifs is 5. The lowest BCUT2D eigenvalue weighted by Gasteiger charge is -2.58. The first kappa shape index (κ1) is 21.1. The van der Waals surface area contributed by atoms with Gasteiger partial charge in [0, 0.05) is 23.2 Å². The molecule has 0 aromatic rings. The Labute approximate surface area is 173 Å². The van der Waals surface area contributed by atoms with Gasteiger partial charge in [0.1, 0.15) is 0 Å². The minimum Gasteiger partial charge on any atom is -0.481 e. The van der Waals surface area contributed by atoms with Gasteiger partial charge in [0.2, 0.25) is 0 Å². The van der Waals surface area contributed by atoms with Gasteiger partial charge in [-0.15, -0.1) is 0 Å².